The van der Waals surface area contributed by atoms with Crippen molar-refractivity contribution in [1.29, 1.82) is 0 Å². The van der Waals surface area contributed by atoms with Crippen molar-refractivity contribution in [3.05, 3.63) is 83.9 Å². The number of methoxy groups -OCH3 is 2. The normalized spacial score (nSPS) is 14.8. The van der Waals surface area contributed by atoms with E-state index >= 15 is 0 Å². The zero-order valence-corrected chi connectivity index (χ0v) is 22.6. The van der Waals surface area contributed by atoms with Gasteiger partial charge in [-0.05, 0) is 60.4 Å². The van der Waals surface area contributed by atoms with Crippen molar-refractivity contribution < 1.29 is 28.6 Å². The maximum absolute atomic E-state index is 13.6. The summed E-state index contributed by atoms with van der Waals surface area (Å²) in [7, 11) is 3.14. The molecule has 0 unspecified atom stereocenters. The maximum Gasteiger partial charge on any atom is 0.257 e. The molecule has 0 bridgehead atoms. The van der Waals surface area contributed by atoms with Crippen molar-refractivity contribution in [3.8, 4) is 17.2 Å². The average molecular weight is 531 g/mol. The fourth-order valence-electron chi connectivity index (χ4n) is 4.65. The molecular formula is C31H34N2O6. The Morgan fingerprint density at radius 2 is 1.64 bits per heavy atom. The van der Waals surface area contributed by atoms with Crippen LogP contribution in [0, 0.1) is 0 Å². The van der Waals surface area contributed by atoms with Crippen LogP contribution in [0.2, 0.25) is 0 Å². The Kier molecular flexibility index (Phi) is 9.20. The topological polar surface area (TPSA) is 85.4 Å². The van der Waals surface area contributed by atoms with Gasteiger partial charge in [-0.3, -0.25) is 14.4 Å². The van der Waals surface area contributed by atoms with E-state index in [-0.39, 0.29) is 31.2 Å². The van der Waals surface area contributed by atoms with Gasteiger partial charge in [-0.2, -0.15) is 0 Å². The first-order chi connectivity index (χ1) is 18.9. The molecule has 8 nitrogen and oxygen atoms in total. The molecule has 0 N–H and O–H groups in total. The Labute approximate surface area is 229 Å². The largest absolute Gasteiger partial charge is 0.494 e. The Balaban J connectivity index is 1.56. The standard InChI is InChI=1S/C31H34N2O6/c1-4-18-39-25-13-11-24(12-14-25)33-30(35)21-26(31(33)36)32(29(34)20-22-8-6-5-7-9-22)17-16-23-10-15-27(37-2)28(19-23)38-3/h5-15,19,26H,4,16-18,20-21H2,1-3H3/t26-/m0/s1. The van der Waals surface area contributed by atoms with Gasteiger partial charge in [0, 0.05) is 6.54 Å². The van der Waals surface area contributed by atoms with Crippen LogP contribution in [0.4, 0.5) is 5.69 Å². The molecule has 1 fully saturated rings. The van der Waals surface area contributed by atoms with Gasteiger partial charge >= 0.3 is 0 Å². The molecule has 3 aromatic rings. The summed E-state index contributed by atoms with van der Waals surface area (Å²) in [6.45, 7) is 2.87. The number of ether oxygens (including phenoxy) is 3. The monoisotopic (exact) mass is 530 g/mol. The molecule has 3 amide bonds. The van der Waals surface area contributed by atoms with E-state index < -0.39 is 11.9 Å². The highest BCUT2D eigenvalue weighted by Gasteiger charge is 2.44. The molecule has 1 heterocycles. The predicted molar refractivity (Wildman–Crippen MR) is 148 cm³/mol. The molecule has 0 spiro atoms. The van der Waals surface area contributed by atoms with Gasteiger partial charge in [0.15, 0.2) is 11.5 Å². The summed E-state index contributed by atoms with van der Waals surface area (Å²) in [4.78, 5) is 43.0. The molecule has 39 heavy (non-hydrogen) atoms. The molecule has 0 radical (unpaired) electrons. The van der Waals surface area contributed by atoms with Gasteiger partial charge in [0.25, 0.3) is 5.91 Å². The minimum absolute atomic E-state index is 0.0701. The van der Waals surface area contributed by atoms with E-state index in [1.165, 1.54) is 4.90 Å². The third-order valence-corrected chi connectivity index (χ3v) is 6.67. The zero-order valence-electron chi connectivity index (χ0n) is 22.6. The number of hydrogen-bond acceptors (Lipinski definition) is 6. The fourth-order valence-corrected chi connectivity index (χ4v) is 4.65. The quantitative estimate of drug-likeness (QED) is 0.322. The third-order valence-electron chi connectivity index (χ3n) is 6.67. The van der Waals surface area contributed by atoms with Crippen LogP contribution in [0.1, 0.15) is 30.9 Å². The molecule has 0 saturated carbocycles. The first kappa shape index (κ1) is 27.7. The second-order valence-corrected chi connectivity index (χ2v) is 9.32. The van der Waals surface area contributed by atoms with Crippen LogP contribution in [0.3, 0.4) is 0 Å². The Morgan fingerprint density at radius 3 is 2.31 bits per heavy atom. The lowest BCUT2D eigenvalue weighted by Gasteiger charge is -2.28. The molecule has 1 saturated heterocycles. The molecule has 1 aliphatic heterocycles. The third kappa shape index (κ3) is 6.57. The Bertz CT molecular complexity index is 1290. The number of hydrogen-bond donors (Lipinski definition) is 0. The number of anilines is 1. The lowest BCUT2D eigenvalue weighted by molar-refractivity contribution is -0.137. The van der Waals surface area contributed by atoms with Crippen LogP contribution in [-0.2, 0) is 27.2 Å². The first-order valence-corrected chi connectivity index (χ1v) is 13.1. The van der Waals surface area contributed by atoms with E-state index in [1.54, 1.807) is 43.4 Å². The number of rotatable bonds is 12. The highest BCUT2D eigenvalue weighted by Crippen LogP contribution is 2.30. The van der Waals surface area contributed by atoms with Crippen LogP contribution in [0.5, 0.6) is 17.2 Å². The summed E-state index contributed by atoms with van der Waals surface area (Å²) >= 11 is 0. The first-order valence-electron chi connectivity index (χ1n) is 13.1. The van der Waals surface area contributed by atoms with E-state index in [9.17, 15) is 14.4 Å². The molecule has 3 aromatic carbocycles. The van der Waals surface area contributed by atoms with Gasteiger partial charge in [-0.1, -0.05) is 43.3 Å². The van der Waals surface area contributed by atoms with E-state index in [0.29, 0.717) is 36.0 Å². The lowest BCUT2D eigenvalue weighted by atomic mass is 10.1. The second kappa shape index (κ2) is 13.0. The second-order valence-electron chi connectivity index (χ2n) is 9.32. The molecule has 1 aliphatic rings. The van der Waals surface area contributed by atoms with E-state index in [2.05, 4.69) is 0 Å². The van der Waals surface area contributed by atoms with Crippen molar-refractivity contribution >= 4 is 23.4 Å². The maximum atomic E-state index is 13.6. The number of benzene rings is 3. The number of carbonyl (C=O) groups is 3. The highest BCUT2D eigenvalue weighted by atomic mass is 16.5. The van der Waals surface area contributed by atoms with Crippen LogP contribution in [0.15, 0.2) is 72.8 Å². The van der Waals surface area contributed by atoms with Crippen LogP contribution in [0.25, 0.3) is 0 Å². The van der Waals surface area contributed by atoms with Gasteiger partial charge < -0.3 is 19.1 Å². The van der Waals surface area contributed by atoms with Crippen molar-refractivity contribution in [3.63, 3.8) is 0 Å². The Hall–Kier alpha value is -4.33. The molecule has 4 rings (SSSR count). The molecule has 8 heteroatoms. The van der Waals surface area contributed by atoms with E-state index in [1.807, 2.05) is 55.5 Å². The zero-order chi connectivity index (χ0) is 27.8. The Morgan fingerprint density at radius 1 is 0.923 bits per heavy atom. The van der Waals surface area contributed by atoms with E-state index in [4.69, 9.17) is 14.2 Å². The van der Waals surface area contributed by atoms with E-state index in [0.717, 1.165) is 17.5 Å². The van der Waals surface area contributed by atoms with Gasteiger partial charge in [0.1, 0.15) is 11.8 Å². The summed E-state index contributed by atoms with van der Waals surface area (Å²) in [5.41, 5.74) is 2.23. The van der Waals surface area contributed by atoms with Crippen LogP contribution >= 0.6 is 0 Å². The summed E-state index contributed by atoms with van der Waals surface area (Å²) in [6, 6.07) is 20.9. The number of amides is 3. The van der Waals surface area contributed by atoms with Crippen molar-refractivity contribution in [2.24, 2.45) is 0 Å². The van der Waals surface area contributed by atoms with Gasteiger partial charge in [0.2, 0.25) is 11.8 Å². The highest BCUT2D eigenvalue weighted by molar-refractivity contribution is 6.23. The van der Waals surface area contributed by atoms with Crippen LogP contribution < -0.4 is 19.1 Å². The summed E-state index contributed by atoms with van der Waals surface area (Å²) in [5, 5.41) is 0. The number of carbonyl (C=O) groups excluding carboxylic acids is 3. The SMILES string of the molecule is CCCOc1ccc(N2C(=O)C[C@H](N(CCc3ccc(OC)c(OC)c3)C(=O)Cc3ccccc3)C2=O)cc1. The van der Waals surface area contributed by atoms with Crippen LogP contribution in [-0.4, -0.2) is 56.0 Å². The van der Waals surface area contributed by atoms with Crippen molar-refractivity contribution in [2.45, 2.75) is 38.6 Å². The average Bonchev–Trinajstić information content (AvgIpc) is 3.25. The fraction of sp³-hybridized carbons (Fsp3) is 0.323. The van der Waals surface area contributed by atoms with Crippen molar-refractivity contribution in [2.75, 3.05) is 32.3 Å². The summed E-state index contributed by atoms with van der Waals surface area (Å²) < 4.78 is 16.4. The number of imide groups is 1. The molecule has 1 atom stereocenters. The lowest BCUT2D eigenvalue weighted by Crippen LogP contribution is -2.47. The minimum atomic E-state index is -0.884. The summed E-state index contributed by atoms with van der Waals surface area (Å²) in [6.07, 6.45) is 1.42. The molecule has 204 valence electrons. The van der Waals surface area contributed by atoms with Crippen molar-refractivity contribution in [1.82, 2.24) is 4.90 Å². The van der Waals surface area contributed by atoms with Gasteiger partial charge in [0.05, 0.1) is 39.4 Å². The van der Waals surface area contributed by atoms with Gasteiger partial charge in [-0.15, -0.1) is 0 Å². The van der Waals surface area contributed by atoms with Gasteiger partial charge in [-0.25, -0.2) is 4.90 Å². The predicted octanol–water partition coefficient (Wildman–Crippen LogP) is 4.44. The summed E-state index contributed by atoms with van der Waals surface area (Å²) in [5.74, 6) is 0.911. The smallest absolute Gasteiger partial charge is 0.257 e. The molecular weight excluding hydrogens is 496 g/mol. The molecule has 0 aliphatic carbocycles. The molecule has 0 aromatic heterocycles. The minimum Gasteiger partial charge on any atom is -0.494 e. The number of nitrogens with zero attached hydrogens (tertiary/aromatic N) is 2.